The maximum atomic E-state index is 9.18. The van der Waals surface area contributed by atoms with Gasteiger partial charge >= 0.3 is 0 Å². The van der Waals surface area contributed by atoms with Gasteiger partial charge in [-0.15, -0.1) is 0 Å². The van der Waals surface area contributed by atoms with Crippen molar-refractivity contribution in [2.24, 2.45) is 0 Å². The molecule has 0 fully saturated rings. The van der Waals surface area contributed by atoms with Crippen LogP contribution in [0.2, 0.25) is 0 Å². The van der Waals surface area contributed by atoms with Crippen LogP contribution in [0.4, 0.5) is 11.4 Å². The van der Waals surface area contributed by atoms with Crippen molar-refractivity contribution < 1.29 is 14.9 Å². The van der Waals surface area contributed by atoms with Gasteiger partial charge in [-0.05, 0) is 24.3 Å². The molecule has 118 valence electrons. The number of methoxy groups -OCH3 is 1. The molecule has 0 amide bonds. The van der Waals surface area contributed by atoms with E-state index in [4.69, 9.17) is 10.5 Å². The summed E-state index contributed by atoms with van der Waals surface area (Å²) in [6.45, 7) is 0.953. The largest absolute Gasteiger partial charge is 0.496 e. The van der Waals surface area contributed by atoms with Gasteiger partial charge in [0.15, 0.2) is 0 Å². The quantitative estimate of drug-likeness (QED) is 0.679. The number of rotatable bonds is 7. The maximum Gasteiger partial charge on any atom is 0.126 e. The second-order valence-corrected chi connectivity index (χ2v) is 4.91. The second kappa shape index (κ2) is 7.68. The highest BCUT2D eigenvalue weighted by atomic mass is 16.5. The number of para-hydroxylation sites is 1. The number of anilines is 2. The van der Waals surface area contributed by atoms with Crippen LogP contribution in [-0.2, 0) is 0 Å². The molecule has 0 saturated heterocycles. The van der Waals surface area contributed by atoms with E-state index in [1.807, 2.05) is 47.4 Å². The van der Waals surface area contributed by atoms with E-state index in [1.165, 1.54) is 0 Å². The molecule has 0 saturated carbocycles. The van der Waals surface area contributed by atoms with Gasteiger partial charge in [0.1, 0.15) is 5.75 Å². The third-order valence-corrected chi connectivity index (χ3v) is 3.54. The number of nitrogen functional groups attached to an aromatic ring is 1. The van der Waals surface area contributed by atoms with Gasteiger partial charge in [0.2, 0.25) is 0 Å². The van der Waals surface area contributed by atoms with Gasteiger partial charge in [-0.1, -0.05) is 18.2 Å². The molecule has 0 aromatic heterocycles. The highest BCUT2D eigenvalue weighted by Gasteiger charge is 2.12. The molecule has 0 unspecified atom stereocenters. The van der Waals surface area contributed by atoms with E-state index in [-0.39, 0.29) is 13.2 Å². The average molecular weight is 302 g/mol. The summed E-state index contributed by atoms with van der Waals surface area (Å²) >= 11 is 0. The van der Waals surface area contributed by atoms with Crippen molar-refractivity contribution in [1.29, 1.82) is 0 Å². The lowest BCUT2D eigenvalue weighted by Crippen LogP contribution is -2.29. The molecule has 2 aromatic carbocycles. The molecule has 5 heteroatoms. The Hall–Kier alpha value is -2.24. The first-order valence-corrected chi connectivity index (χ1v) is 7.20. The van der Waals surface area contributed by atoms with Gasteiger partial charge in [0.25, 0.3) is 0 Å². The molecule has 5 nitrogen and oxygen atoms in total. The number of benzene rings is 2. The Morgan fingerprint density at radius 2 is 1.68 bits per heavy atom. The normalized spacial score (nSPS) is 10.5. The van der Waals surface area contributed by atoms with E-state index in [2.05, 4.69) is 0 Å². The molecule has 2 aromatic rings. The topological polar surface area (TPSA) is 79.0 Å². The fourth-order valence-electron chi connectivity index (χ4n) is 2.45. The Balaban J connectivity index is 2.46. The summed E-state index contributed by atoms with van der Waals surface area (Å²) in [6.07, 6.45) is 0. The minimum absolute atomic E-state index is 0.0222. The Morgan fingerprint density at radius 1 is 1.00 bits per heavy atom. The van der Waals surface area contributed by atoms with Gasteiger partial charge in [-0.3, -0.25) is 0 Å². The summed E-state index contributed by atoms with van der Waals surface area (Å²) in [4.78, 5) is 1.92. The minimum Gasteiger partial charge on any atom is -0.496 e. The summed E-state index contributed by atoms with van der Waals surface area (Å²) in [5, 5.41) is 18.4. The molecule has 4 N–H and O–H groups in total. The van der Waals surface area contributed by atoms with E-state index < -0.39 is 0 Å². The highest BCUT2D eigenvalue weighted by Crippen LogP contribution is 2.36. The lowest BCUT2D eigenvalue weighted by Gasteiger charge is -2.24. The standard InChI is InChI=1S/C17H22N2O3/c1-22-17-5-3-2-4-14(17)15-12-13(6-7-16(15)18)19(8-10-20)9-11-21/h2-7,12,20-21H,8-11,18H2,1H3. The molecule has 0 radical (unpaired) electrons. The van der Waals surface area contributed by atoms with Crippen molar-refractivity contribution in [3.8, 4) is 16.9 Å². The maximum absolute atomic E-state index is 9.18. The predicted octanol–water partition coefficient (Wildman–Crippen LogP) is 1.74. The van der Waals surface area contributed by atoms with Crippen LogP contribution in [0.3, 0.4) is 0 Å². The minimum atomic E-state index is 0.0222. The van der Waals surface area contributed by atoms with E-state index in [0.717, 1.165) is 22.6 Å². The van der Waals surface area contributed by atoms with E-state index >= 15 is 0 Å². The molecule has 0 bridgehead atoms. The number of aliphatic hydroxyl groups excluding tert-OH is 2. The van der Waals surface area contributed by atoms with Crippen molar-refractivity contribution in [2.45, 2.75) is 0 Å². The number of aliphatic hydroxyl groups is 2. The Labute approximate surface area is 130 Å². The van der Waals surface area contributed by atoms with Gasteiger partial charge in [0.05, 0.1) is 20.3 Å². The first-order valence-electron chi connectivity index (χ1n) is 7.20. The fourth-order valence-corrected chi connectivity index (χ4v) is 2.45. The number of ether oxygens (including phenoxy) is 1. The first-order chi connectivity index (χ1) is 10.7. The van der Waals surface area contributed by atoms with E-state index in [1.54, 1.807) is 7.11 Å². The van der Waals surface area contributed by atoms with Crippen LogP contribution in [0.1, 0.15) is 0 Å². The van der Waals surface area contributed by atoms with Crippen LogP contribution in [0, 0.1) is 0 Å². The van der Waals surface area contributed by atoms with Gasteiger partial charge in [-0.25, -0.2) is 0 Å². The SMILES string of the molecule is COc1ccccc1-c1cc(N(CCO)CCO)ccc1N. The van der Waals surface area contributed by atoms with Crippen molar-refractivity contribution >= 4 is 11.4 Å². The van der Waals surface area contributed by atoms with Crippen LogP contribution >= 0.6 is 0 Å². The number of hydrogen-bond donors (Lipinski definition) is 3. The summed E-state index contributed by atoms with van der Waals surface area (Å²) in [5.74, 6) is 0.752. The molecule has 0 heterocycles. The first kappa shape index (κ1) is 16.1. The summed E-state index contributed by atoms with van der Waals surface area (Å²) < 4.78 is 5.40. The zero-order valence-corrected chi connectivity index (χ0v) is 12.7. The monoisotopic (exact) mass is 302 g/mol. The van der Waals surface area contributed by atoms with Gasteiger partial charge in [-0.2, -0.15) is 0 Å². The number of hydrogen-bond acceptors (Lipinski definition) is 5. The molecule has 0 aliphatic heterocycles. The predicted molar refractivity (Wildman–Crippen MR) is 89.2 cm³/mol. The third kappa shape index (κ3) is 3.50. The Bertz CT molecular complexity index is 611. The lowest BCUT2D eigenvalue weighted by atomic mass is 10.0. The molecule has 22 heavy (non-hydrogen) atoms. The van der Waals surface area contributed by atoms with E-state index in [0.29, 0.717) is 18.8 Å². The number of nitrogens with two attached hydrogens (primary N) is 1. The van der Waals surface area contributed by atoms with Crippen LogP contribution < -0.4 is 15.4 Å². The zero-order valence-electron chi connectivity index (χ0n) is 12.7. The summed E-state index contributed by atoms with van der Waals surface area (Å²) in [6, 6.07) is 13.4. The molecule has 0 aliphatic carbocycles. The molecule has 0 spiro atoms. The smallest absolute Gasteiger partial charge is 0.126 e. The van der Waals surface area contributed by atoms with E-state index in [9.17, 15) is 10.2 Å². The van der Waals surface area contributed by atoms with Crippen molar-refractivity contribution in [3.05, 3.63) is 42.5 Å². The van der Waals surface area contributed by atoms with Crippen molar-refractivity contribution in [2.75, 3.05) is 44.0 Å². The Kier molecular flexibility index (Phi) is 5.63. The molecule has 2 rings (SSSR count). The van der Waals surface area contributed by atoms with Crippen LogP contribution in [-0.4, -0.2) is 43.6 Å². The summed E-state index contributed by atoms with van der Waals surface area (Å²) in [5.41, 5.74) is 9.46. The van der Waals surface area contributed by atoms with Crippen LogP contribution in [0.25, 0.3) is 11.1 Å². The van der Waals surface area contributed by atoms with Crippen molar-refractivity contribution in [3.63, 3.8) is 0 Å². The number of nitrogens with zero attached hydrogens (tertiary/aromatic N) is 1. The molecule has 0 atom stereocenters. The summed E-state index contributed by atoms with van der Waals surface area (Å²) in [7, 11) is 1.63. The van der Waals surface area contributed by atoms with Gasteiger partial charge < -0.3 is 25.6 Å². The third-order valence-electron chi connectivity index (χ3n) is 3.54. The molecular weight excluding hydrogens is 280 g/mol. The zero-order chi connectivity index (χ0) is 15.9. The average Bonchev–Trinajstić information content (AvgIpc) is 2.55. The second-order valence-electron chi connectivity index (χ2n) is 4.91. The lowest BCUT2D eigenvalue weighted by molar-refractivity contribution is 0.281. The molecule has 0 aliphatic rings. The highest BCUT2D eigenvalue weighted by molar-refractivity contribution is 5.83. The van der Waals surface area contributed by atoms with Crippen molar-refractivity contribution in [1.82, 2.24) is 0 Å². The molecular formula is C17H22N2O3. The fraction of sp³-hybridized carbons (Fsp3) is 0.294. The Morgan fingerprint density at radius 3 is 2.32 bits per heavy atom. The van der Waals surface area contributed by atoms with Gasteiger partial charge in [0, 0.05) is 35.6 Å². The van der Waals surface area contributed by atoms with Crippen LogP contribution in [0.15, 0.2) is 42.5 Å². The van der Waals surface area contributed by atoms with Crippen LogP contribution in [0.5, 0.6) is 5.75 Å².